The molecule has 0 unspecified atom stereocenters. The molecule has 2 heterocycles. The van der Waals surface area contributed by atoms with Gasteiger partial charge in [-0.3, -0.25) is 4.99 Å². The lowest BCUT2D eigenvalue weighted by atomic mass is 10.3. The van der Waals surface area contributed by atoms with E-state index in [1.807, 2.05) is 12.3 Å². The van der Waals surface area contributed by atoms with Crippen molar-refractivity contribution in [3.63, 3.8) is 0 Å². The first kappa shape index (κ1) is 22.1. The molecule has 0 saturated heterocycles. The van der Waals surface area contributed by atoms with E-state index < -0.39 is 11.9 Å². The molecule has 11 heteroatoms. The summed E-state index contributed by atoms with van der Waals surface area (Å²) in [5.41, 5.74) is 0.200. The summed E-state index contributed by atoms with van der Waals surface area (Å²) >= 11 is 2.63. The van der Waals surface area contributed by atoms with Gasteiger partial charge in [-0.1, -0.05) is 0 Å². The quantitative estimate of drug-likeness (QED) is 0.359. The van der Waals surface area contributed by atoms with Gasteiger partial charge in [-0.15, -0.1) is 46.7 Å². The molecule has 0 aliphatic carbocycles. The van der Waals surface area contributed by atoms with E-state index >= 15 is 0 Å². The molecule has 2 aromatic heterocycles. The van der Waals surface area contributed by atoms with Crippen LogP contribution in [0.2, 0.25) is 0 Å². The van der Waals surface area contributed by atoms with Crippen molar-refractivity contribution in [1.29, 1.82) is 0 Å². The molecule has 0 bridgehead atoms. The maximum Gasteiger partial charge on any atom is 0.434 e. The van der Waals surface area contributed by atoms with Crippen molar-refractivity contribution >= 4 is 52.6 Å². The number of aromatic nitrogens is 2. The van der Waals surface area contributed by atoms with Crippen LogP contribution in [0.3, 0.4) is 0 Å². The second-order valence-corrected chi connectivity index (χ2v) is 6.91. The number of thiazole rings is 2. The summed E-state index contributed by atoms with van der Waals surface area (Å²) in [5, 5.41) is 10.8. The number of nitrogens with zero attached hydrogens (tertiary/aromatic N) is 3. The molecule has 0 aromatic carbocycles. The van der Waals surface area contributed by atoms with E-state index in [2.05, 4.69) is 25.6 Å². The number of halogens is 4. The molecule has 0 saturated carbocycles. The summed E-state index contributed by atoms with van der Waals surface area (Å²) in [6.45, 7) is 3.10. The minimum atomic E-state index is -4.38. The van der Waals surface area contributed by atoms with E-state index in [0.29, 0.717) is 30.5 Å². The number of rotatable bonds is 6. The Kier molecular flexibility index (Phi) is 9.07. The van der Waals surface area contributed by atoms with Crippen LogP contribution in [0.25, 0.3) is 0 Å². The van der Waals surface area contributed by atoms with Gasteiger partial charge in [0.2, 0.25) is 0 Å². The Bertz CT molecular complexity index is 684. The monoisotopic (exact) mass is 505 g/mol. The molecule has 5 nitrogen and oxygen atoms in total. The molecule has 25 heavy (non-hydrogen) atoms. The first-order valence-electron chi connectivity index (χ1n) is 7.25. The van der Waals surface area contributed by atoms with Gasteiger partial charge < -0.3 is 10.6 Å². The van der Waals surface area contributed by atoms with Crippen LogP contribution < -0.4 is 10.6 Å². The average molecular weight is 505 g/mol. The lowest BCUT2D eigenvalue weighted by molar-refractivity contribution is -0.140. The highest BCUT2D eigenvalue weighted by molar-refractivity contribution is 14.0. The molecular formula is C14H19F3IN5S2. The standard InChI is InChI=1S/C14H18F3N5S2.HI/c1-9-21-10(7-23-9)3-5-19-13(18-2)20-6-4-12-22-11(8-24-12)14(15,16)17;/h7-8H,3-6H2,1-2H3,(H2,18,19,20);1H. The van der Waals surface area contributed by atoms with Crippen LogP contribution in [-0.2, 0) is 19.0 Å². The van der Waals surface area contributed by atoms with Crippen LogP contribution in [0.15, 0.2) is 15.8 Å². The van der Waals surface area contributed by atoms with Crippen LogP contribution in [0.5, 0.6) is 0 Å². The van der Waals surface area contributed by atoms with Gasteiger partial charge in [-0.2, -0.15) is 13.2 Å². The van der Waals surface area contributed by atoms with Gasteiger partial charge in [0.25, 0.3) is 0 Å². The maximum atomic E-state index is 12.5. The summed E-state index contributed by atoms with van der Waals surface area (Å²) in [7, 11) is 1.65. The highest BCUT2D eigenvalue weighted by atomic mass is 127. The Hall–Kier alpha value is -0.950. The number of nitrogens with one attached hydrogen (secondary N) is 2. The molecule has 0 fully saturated rings. The molecule has 0 aliphatic rings. The van der Waals surface area contributed by atoms with Gasteiger partial charge in [-0.05, 0) is 6.92 Å². The van der Waals surface area contributed by atoms with E-state index in [0.717, 1.165) is 33.8 Å². The zero-order chi connectivity index (χ0) is 17.6. The van der Waals surface area contributed by atoms with Gasteiger partial charge in [-0.25, -0.2) is 9.97 Å². The predicted molar refractivity (Wildman–Crippen MR) is 106 cm³/mol. The zero-order valence-corrected chi connectivity index (χ0v) is 17.6. The van der Waals surface area contributed by atoms with Crippen molar-refractivity contribution in [2.24, 2.45) is 4.99 Å². The molecular weight excluding hydrogens is 486 g/mol. The fourth-order valence-corrected chi connectivity index (χ4v) is 3.35. The van der Waals surface area contributed by atoms with E-state index in [1.54, 1.807) is 18.4 Å². The Balaban J connectivity index is 0.00000312. The third kappa shape index (κ3) is 7.44. The fourth-order valence-electron chi connectivity index (χ4n) is 1.90. The number of aryl methyl sites for hydroxylation is 1. The molecule has 140 valence electrons. The summed E-state index contributed by atoms with van der Waals surface area (Å²) < 4.78 is 37.4. The number of hydrogen-bond acceptors (Lipinski definition) is 5. The van der Waals surface area contributed by atoms with Crippen LogP contribution in [-0.4, -0.2) is 36.1 Å². The molecule has 0 radical (unpaired) electrons. The van der Waals surface area contributed by atoms with Crippen molar-refractivity contribution in [3.05, 3.63) is 32.2 Å². The van der Waals surface area contributed by atoms with Gasteiger partial charge >= 0.3 is 6.18 Å². The van der Waals surface area contributed by atoms with Crippen molar-refractivity contribution in [2.75, 3.05) is 20.1 Å². The zero-order valence-electron chi connectivity index (χ0n) is 13.7. The Labute approximate surface area is 169 Å². The molecule has 2 N–H and O–H groups in total. The summed E-state index contributed by atoms with van der Waals surface area (Å²) in [4.78, 5) is 12.1. The van der Waals surface area contributed by atoms with Gasteiger partial charge in [0.05, 0.1) is 15.7 Å². The summed E-state index contributed by atoms with van der Waals surface area (Å²) in [6, 6.07) is 0. The lowest BCUT2D eigenvalue weighted by Gasteiger charge is -2.10. The first-order valence-corrected chi connectivity index (χ1v) is 9.01. The number of guanidine groups is 1. The van der Waals surface area contributed by atoms with Gasteiger partial charge in [0.15, 0.2) is 11.7 Å². The van der Waals surface area contributed by atoms with E-state index in [4.69, 9.17) is 0 Å². The van der Waals surface area contributed by atoms with E-state index in [1.165, 1.54) is 0 Å². The van der Waals surface area contributed by atoms with Crippen LogP contribution in [0.1, 0.15) is 21.4 Å². The SMILES string of the molecule is CN=C(NCCc1csc(C)n1)NCCc1nc(C(F)(F)F)cs1.I. The second-order valence-electron chi connectivity index (χ2n) is 4.91. The van der Waals surface area contributed by atoms with E-state index in [9.17, 15) is 13.2 Å². The van der Waals surface area contributed by atoms with Gasteiger partial charge in [0.1, 0.15) is 0 Å². The third-order valence-corrected chi connectivity index (χ3v) is 4.77. The molecule has 2 rings (SSSR count). The lowest BCUT2D eigenvalue weighted by Crippen LogP contribution is -2.39. The Morgan fingerprint density at radius 1 is 1.12 bits per heavy atom. The van der Waals surface area contributed by atoms with Crippen molar-refractivity contribution in [2.45, 2.75) is 25.9 Å². The minimum absolute atomic E-state index is 0. The number of hydrogen-bond donors (Lipinski definition) is 2. The van der Waals surface area contributed by atoms with Crippen LogP contribution >= 0.6 is 46.7 Å². The number of aliphatic imine (C=N–C) groups is 1. The predicted octanol–water partition coefficient (Wildman–Crippen LogP) is 3.50. The van der Waals surface area contributed by atoms with Gasteiger partial charge in [0, 0.05) is 43.7 Å². The molecule has 0 spiro atoms. The molecule has 0 atom stereocenters. The molecule has 2 aromatic rings. The third-order valence-electron chi connectivity index (χ3n) is 3.04. The van der Waals surface area contributed by atoms with Crippen molar-refractivity contribution in [1.82, 2.24) is 20.6 Å². The highest BCUT2D eigenvalue weighted by Gasteiger charge is 2.33. The fraction of sp³-hybridized carbons (Fsp3) is 0.500. The van der Waals surface area contributed by atoms with Crippen LogP contribution in [0.4, 0.5) is 13.2 Å². The minimum Gasteiger partial charge on any atom is -0.356 e. The topological polar surface area (TPSA) is 62.2 Å². The largest absolute Gasteiger partial charge is 0.434 e. The van der Waals surface area contributed by atoms with Crippen molar-refractivity contribution < 1.29 is 13.2 Å². The Morgan fingerprint density at radius 2 is 1.80 bits per heavy atom. The van der Waals surface area contributed by atoms with Crippen molar-refractivity contribution in [3.8, 4) is 0 Å². The second kappa shape index (κ2) is 10.3. The number of alkyl halides is 3. The van der Waals surface area contributed by atoms with E-state index in [-0.39, 0.29) is 24.0 Å². The summed E-state index contributed by atoms with van der Waals surface area (Å²) in [6.07, 6.45) is -3.19. The maximum absolute atomic E-state index is 12.5. The Morgan fingerprint density at radius 3 is 2.32 bits per heavy atom. The summed E-state index contributed by atoms with van der Waals surface area (Å²) in [5.74, 6) is 0.606. The highest BCUT2D eigenvalue weighted by Crippen LogP contribution is 2.29. The normalized spacial score (nSPS) is 12.0. The first-order chi connectivity index (χ1) is 11.4. The molecule has 0 amide bonds. The van der Waals surface area contributed by atoms with Crippen LogP contribution in [0, 0.1) is 6.92 Å². The smallest absolute Gasteiger partial charge is 0.356 e. The average Bonchev–Trinajstić information content (AvgIpc) is 3.14. The molecule has 0 aliphatic heterocycles.